The van der Waals surface area contributed by atoms with Crippen LogP contribution in [0, 0.1) is 17.0 Å². The second-order valence-corrected chi connectivity index (χ2v) is 5.89. The highest BCUT2D eigenvalue weighted by Gasteiger charge is 2.31. The molecule has 0 radical (unpaired) electrons. The van der Waals surface area contributed by atoms with Crippen LogP contribution in [0.4, 0.5) is 11.5 Å². The lowest BCUT2D eigenvalue weighted by molar-refractivity contribution is -0.385. The lowest BCUT2D eigenvalue weighted by atomic mass is 10.1. The Kier molecular flexibility index (Phi) is 4.41. The Labute approximate surface area is 139 Å². The molecule has 24 heavy (non-hydrogen) atoms. The van der Waals surface area contributed by atoms with Crippen LogP contribution in [0.15, 0.2) is 42.6 Å². The van der Waals surface area contributed by atoms with Gasteiger partial charge in [-0.25, -0.2) is 4.98 Å². The third-order valence-corrected chi connectivity index (χ3v) is 4.07. The van der Waals surface area contributed by atoms with Gasteiger partial charge >= 0.3 is 0 Å². The van der Waals surface area contributed by atoms with Crippen LogP contribution in [0.2, 0.25) is 0 Å². The molecule has 1 aliphatic heterocycles. The minimum atomic E-state index is -0.499. The molecule has 0 saturated carbocycles. The maximum Gasteiger partial charge on any atom is 0.287 e. The number of nitro groups is 1. The summed E-state index contributed by atoms with van der Waals surface area (Å²) in [7, 11) is 0. The van der Waals surface area contributed by atoms with Gasteiger partial charge in [0.15, 0.2) is 0 Å². The minimum Gasteiger partial charge on any atom is -0.358 e. The number of aryl methyl sites for hydroxylation is 1. The number of hydrogen-bond donors (Lipinski definition) is 1. The van der Waals surface area contributed by atoms with Gasteiger partial charge in [0.25, 0.3) is 5.69 Å². The molecule has 0 spiro atoms. The van der Waals surface area contributed by atoms with Crippen molar-refractivity contribution in [2.75, 3.05) is 11.9 Å². The Morgan fingerprint density at radius 1 is 1.29 bits per heavy atom. The number of nitrogens with zero attached hydrogens (tertiary/aromatic N) is 3. The van der Waals surface area contributed by atoms with E-state index in [-0.39, 0.29) is 17.6 Å². The molecule has 2 aromatic rings. The van der Waals surface area contributed by atoms with Gasteiger partial charge in [-0.15, -0.1) is 0 Å². The van der Waals surface area contributed by atoms with E-state index in [1.807, 2.05) is 36.1 Å². The maximum atomic E-state index is 12.5. The number of pyridine rings is 1. The zero-order valence-corrected chi connectivity index (χ0v) is 13.3. The Hall–Kier alpha value is -2.96. The molecule has 3 rings (SSSR count). The number of likely N-dealkylation sites (tertiary alicyclic amines) is 1. The van der Waals surface area contributed by atoms with E-state index in [2.05, 4.69) is 10.3 Å². The van der Waals surface area contributed by atoms with Gasteiger partial charge in [0.05, 0.1) is 4.92 Å². The third-order valence-electron chi connectivity index (χ3n) is 4.07. The number of rotatable bonds is 5. The second kappa shape index (κ2) is 6.66. The smallest absolute Gasteiger partial charge is 0.287 e. The summed E-state index contributed by atoms with van der Waals surface area (Å²) >= 11 is 0. The van der Waals surface area contributed by atoms with E-state index < -0.39 is 4.92 Å². The Morgan fingerprint density at radius 3 is 2.67 bits per heavy atom. The van der Waals surface area contributed by atoms with Crippen LogP contribution >= 0.6 is 0 Å². The van der Waals surface area contributed by atoms with Crippen molar-refractivity contribution >= 4 is 17.4 Å². The summed E-state index contributed by atoms with van der Waals surface area (Å²) in [6, 6.07) is 10.7. The zero-order chi connectivity index (χ0) is 17.1. The molecule has 1 atom stereocenters. The maximum absolute atomic E-state index is 12.5. The molecule has 0 aliphatic carbocycles. The van der Waals surface area contributed by atoms with Gasteiger partial charge in [0.1, 0.15) is 18.1 Å². The summed E-state index contributed by atoms with van der Waals surface area (Å²) in [5.74, 6) is 0.492. The number of amides is 1. The van der Waals surface area contributed by atoms with E-state index in [0.29, 0.717) is 25.3 Å². The molecule has 1 saturated heterocycles. The fraction of sp³-hybridized carbons (Fsp3) is 0.294. The predicted molar refractivity (Wildman–Crippen MR) is 89.5 cm³/mol. The lowest BCUT2D eigenvalue weighted by Gasteiger charge is -2.17. The number of nitrogens with one attached hydrogen (secondary N) is 1. The highest BCUT2D eigenvalue weighted by molar-refractivity contribution is 5.86. The van der Waals surface area contributed by atoms with Gasteiger partial charge in [-0.05, 0) is 25.0 Å². The molecule has 1 aromatic carbocycles. The van der Waals surface area contributed by atoms with Crippen LogP contribution in [0.3, 0.4) is 0 Å². The Morgan fingerprint density at radius 2 is 2.04 bits per heavy atom. The normalized spacial score (nSPS) is 17.1. The first-order valence-corrected chi connectivity index (χ1v) is 7.74. The van der Waals surface area contributed by atoms with Crippen molar-refractivity contribution in [3.63, 3.8) is 0 Å². The van der Waals surface area contributed by atoms with E-state index in [4.69, 9.17) is 0 Å². The highest BCUT2D eigenvalue weighted by atomic mass is 16.6. The number of aromatic nitrogens is 1. The quantitative estimate of drug-likeness (QED) is 0.674. The largest absolute Gasteiger partial charge is 0.358 e. The van der Waals surface area contributed by atoms with Crippen LogP contribution in [0.5, 0.6) is 0 Å². The van der Waals surface area contributed by atoms with Gasteiger partial charge in [0, 0.05) is 19.2 Å². The number of carbonyl (C=O) groups is 1. The molecule has 1 fully saturated rings. The van der Waals surface area contributed by atoms with E-state index in [1.54, 1.807) is 0 Å². The van der Waals surface area contributed by atoms with Gasteiger partial charge in [-0.3, -0.25) is 14.9 Å². The fourth-order valence-corrected chi connectivity index (χ4v) is 2.70. The Bertz CT molecular complexity index is 743. The standard InChI is InChI=1S/C17H18N4O3/c1-12-2-4-13(5-3-12)11-20-9-8-15(17(20)22)19-16-7-6-14(10-18-16)21(23)24/h2-7,10,15H,8-9,11H2,1H3,(H,18,19). The van der Waals surface area contributed by atoms with Crippen LogP contribution < -0.4 is 5.32 Å². The first-order chi connectivity index (χ1) is 11.5. The van der Waals surface area contributed by atoms with Crippen LogP contribution in [0.25, 0.3) is 0 Å². The number of carbonyl (C=O) groups excluding carboxylic acids is 1. The molecule has 1 N–H and O–H groups in total. The molecule has 2 heterocycles. The SMILES string of the molecule is Cc1ccc(CN2CCC(Nc3ccc([N+](=O)[O-])cn3)C2=O)cc1. The van der Waals surface area contributed by atoms with E-state index in [0.717, 1.165) is 5.56 Å². The van der Waals surface area contributed by atoms with Crippen molar-refractivity contribution in [3.05, 3.63) is 63.8 Å². The summed E-state index contributed by atoms with van der Waals surface area (Å²) in [6.45, 7) is 3.30. The van der Waals surface area contributed by atoms with Crippen molar-refractivity contribution in [2.24, 2.45) is 0 Å². The second-order valence-electron chi connectivity index (χ2n) is 5.89. The predicted octanol–water partition coefficient (Wildman–Crippen LogP) is 2.51. The van der Waals surface area contributed by atoms with Gasteiger partial charge < -0.3 is 10.2 Å². The highest BCUT2D eigenvalue weighted by Crippen LogP contribution is 2.20. The molecule has 124 valence electrons. The van der Waals surface area contributed by atoms with Crippen LogP contribution in [-0.2, 0) is 11.3 Å². The van der Waals surface area contributed by atoms with Crippen molar-refractivity contribution in [2.45, 2.75) is 25.9 Å². The fourth-order valence-electron chi connectivity index (χ4n) is 2.70. The average molecular weight is 326 g/mol. The van der Waals surface area contributed by atoms with Gasteiger partial charge in [0.2, 0.25) is 5.91 Å². The minimum absolute atomic E-state index is 0.0238. The molecule has 1 unspecified atom stereocenters. The summed E-state index contributed by atoms with van der Waals surface area (Å²) in [5, 5.41) is 13.7. The molecular weight excluding hydrogens is 308 g/mol. The van der Waals surface area contributed by atoms with Crippen LogP contribution in [-0.4, -0.2) is 33.3 Å². The lowest BCUT2D eigenvalue weighted by Crippen LogP contribution is -2.33. The topological polar surface area (TPSA) is 88.4 Å². The van der Waals surface area contributed by atoms with E-state index in [9.17, 15) is 14.9 Å². The third kappa shape index (κ3) is 3.51. The van der Waals surface area contributed by atoms with Gasteiger partial charge in [-0.2, -0.15) is 0 Å². The van der Waals surface area contributed by atoms with E-state index in [1.165, 1.54) is 23.9 Å². The van der Waals surface area contributed by atoms with Crippen molar-refractivity contribution in [3.8, 4) is 0 Å². The van der Waals surface area contributed by atoms with Crippen molar-refractivity contribution < 1.29 is 9.72 Å². The monoisotopic (exact) mass is 326 g/mol. The average Bonchev–Trinajstić information content (AvgIpc) is 2.91. The molecule has 0 bridgehead atoms. The molecule has 1 amide bonds. The first kappa shape index (κ1) is 15.9. The summed E-state index contributed by atoms with van der Waals surface area (Å²) in [5.41, 5.74) is 2.22. The first-order valence-electron chi connectivity index (χ1n) is 7.74. The molecule has 1 aliphatic rings. The molecule has 7 heteroatoms. The Balaban J connectivity index is 1.61. The number of anilines is 1. The van der Waals surface area contributed by atoms with Crippen LogP contribution in [0.1, 0.15) is 17.5 Å². The number of benzene rings is 1. The summed E-state index contributed by atoms with van der Waals surface area (Å²) in [4.78, 5) is 28.4. The summed E-state index contributed by atoms with van der Waals surface area (Å²) in [6.07, 6.45) is 1.87. The van der Waals surface area contributed by atoms with Crippen molar-refractivity contribution in [1.82, 2.24) is 9.88 Å². The zero-order valence-electron chi connectivity index (χ0n) is 13.3. The van der Waals surface area contributed by atoms with Crippen molar-refractivity contribution in [1.29, 1.82) is 0 Å². The van der Waals surface area contributed by atoms with Gasteiger partial charge in [-0.1, -0.05) is 29.8 Å². The number of hydrogen-bond acceptors (Lipinski definition) is 5. The van der Waals surface area contributed by atoms with E-state index >= 15 is 0 Å². The molecule has 7 nitrogen and oxygen atoms in total. The molecule has 1 aromatic heterocycles. The molecular formula is C17H18N4O3. The summed E-state index contributed by atoms with van der Waals surface area (Å²) < 4.78 is 0.